The molecule has 0 bridgehead atoms. The molecule has 0 spiro atoms. The average molecular weight is 348 g/mol. The molecule has 0 saturated carbocycles. The summed E-state index contributed by atoms with van der Waals surface area (Å²) >= 11 is 0. The van der Waals surface area contributed by atoms with E-state index in [1.165, 1.54) is 5.56 Å². The van der Waals surface area contributed by atoms with E-state index in [0.717, 1.165) is 24.3 Å². The fraction of sp³-hybridized carbons (Fsp3) is 0.333. The summed E-state index contributed by atoms with van der Waals surface area (Å²) in [6.45, 7) is 2.99. The number of ether oxygens (including phenoxy) is 1. The quantitative estimate of drug-likeness (QED) is 0.835. The van der Waals surface area contributed by atoms with Crippen molar-refractivity contribution < 1.29 is 13.2 Å². The van der Waals surface area contributed by atoms with Gasteiger partial charge in [-0.1, -0.05) is 24.3 Å². The van der Waals surface area contributed by atoms with Crippen LogP contribution in [-0.2, 0) is 16.4 Å². The molecule has 24 heavy (non-hydrogen) atoms. The number of hydrogen-bond donors (Lipinski definition) is 1. The fourth-order valence-electron chi connectivity index (χ4n) is 2.48. The Morgan fingerprint density at radius 1 is 1.08 bits per heavy atom. The predicted molar refractivity (Wildman–Crippen MR) is 95.6 cm³/mol. The third-order valence-corrected chi connectivity index (χ3v) is 5.19. The highest BCUT2D eigenvalue weighted by Crippen LogP contribution is 2.21. The van der Waals surface area contributed by atoms with Crippen molar-refractivity contribution in [2.24, 2.45) is 5.14 Å². The van der Waals surface area contributed by atoms with Gasteiger partial charge >= 0.3 is 0 Å². The van der Waals surface area contributed by atoms with Gasteiger partial charge in [-0.05, 0) is 55.8 Å². The first kappa shape index (κ1) is 18.4. The molecule has 5 nitrogen and oxygen atoms in total. The van der Waals surface area contributed by atoms with E-state index in [1.807, 2.05) is 24.3 Å². The summed E-state index contributed by atoms with van der Waals surface area (Å²) in [4.78, 5) is 2.37. The third-order valence-electron chi connectivity index (χ3n) is 4.26. The molecule has 0 aliphatic rings. The number of hydrogen-bond acceptors (Lipinski definition) is 4. The van der Waals surface area contributed by atoms with Gasteiger partial charge in [0.05, 0.1) is 12.0 Å². The number of nitrogens with zero attached hydrogens (tertiary/aromatic N) is 1. The van der Waals surface area contributed by atoms with E-state index < -0.39 is 10.0 Å². The standard InChI is InChI=1S/C18H24N2O3S/c1-14(16-6-10-18(11-7-16)24(19,21)22)20(2)13-12-15-4-8-17(23-3)9-5-15/h4-11,14H,12-13H2,1-3H3,(H2,19,21,22)/t14-/m1/s1. The van der Waals surface area contributed by atoms with Crippen molar-refractivity contribution in [2.75, 3.05) is 20.7 Å². The van der Waals surface area contributed by atoms with Crippen LogP contribution in [0.1, 0.15) is 24.1 Å². The first-order valence-electron chi connectivity index (χ1n) is 7.77. The van der Waals surface area contributed by atoms with Gasteiger partial charge in [-0.25, -0.2) is 13.6 Å². The molecule has 0 unspecified atom stereocenters. The molecule has 0 heterocycles. The second-order valence-electron chi connectivity index (χ2n) is 5.87. The van der Waals surface area contributed by atoms with E-state index >= 15 is 0 Å². The van der Waals surface area contributed by atoms with Crippen LogP contribution in [0.3, 0.4) is 0 Å². The largest absolute Gasteiger partial charge is 0.497 e. The molecule has 6 heteroatoms. The minimum atomic E-state index is -3.64. The molecule has 0 radical (unpaired) electrons. The second kappa shape index (κ2) is 7.79. The van der Waals surface area contributed by atoms with Crippen LogP contribution in [0.2, 0.25) is 0 Å². The molecule has 2 aromatic carbocycles. The van der Waals surface area contributed by atoms with Crippen molar-refractivity contribution in [1.82, 2.24) is 4.90 Å². The van der Waals surface area contributed by atoms with Gasteiger partial charge in [-0.2, -0.15) is 0 Å². The Hall–Kier alpha value is -1.89. The van der Waals surface area contributed by atoms with Gasteiger partial charge < -0.3 is 4.74 Å². The second-order valence-corrected chi connectivity index (χ2v) is 7.43. The van der Waals surface area contributed by atoms with Crippen LogP contribution in [0.4, 0.5) is 0 Å². The van der Waals surface area contributed by atoms with Crippen LogP contribution in [0.5, 0.6) is 5.75 Å². The Balaban J connectivity index is 1.97. The van der Waals surface area contributed by atoms with Crippen LogP contribution in [-0.4, -0.2) is 34.0 Å². The van der Waals surface area contributed by atoms with Gasteiger partial charge in [0.15, 0.2) is 0 Å². The van der Waals surface area contributed by atoms with E-state index in [2.05, 4.69) is 31.0 Å². The lowest BCUT2D eigenvalue weighted by Crippen LogP contribution is -2.25. The predicted octanol–water partition coefficient (Wildman–Crippen LogP) is 2.58. The molecule has 0 aliphatic carbocycles. The van der Waals surface area contributed by atoms with Crippen LogP contribution in [0.15, 0.2) is 53.4 Å². The van der Waals surface area contributed by atoms with Gasteiger partial charge in [-0.15, -0.1) is 0 Å². The smallest absolute Gasteiger partial charge is 0.238 e. The van der Waals surface area contributed by atoms with Crippen molar-refractivity contribution in [3.8, 4) is 5.75 Å². The Morgan fingerprint density at radius 3 is 2.17 bits per heavy atom. The van der Waals surface area contributed by atoms with Gasteiger partial charge in [0.1, 0.15) is 5.75 Å². The molecule has 0 amide bonds. The summed E-state index contributed by atoms with van der Waals surface area (Å²) in [5.41, 5.74) is 2.30. The summed E-state index contributed by atoms with van der Waals surface area (Å²) in [5.74, 6) is 0.857. The lowest BCUT2D eigenvalue weighted by Gasteiger charge is -2.25. The number of benzene rings is 2. The number of likely N-dealkylation sites (N-methyl/N-ethyl adjacent to an activating group) is 1. The lowest BCUT2D eigenvalue weighted by molar-refractivity contribution is 0.265. The Bertz CT molecular complexity index is 756. The Labute approximate surface area is 144 Å². The highest BCUT2D eigenvalue weighted by Gasteiger charge is 2.13. The monoisotopic (exact) mass is 348 g/mol. The van der Waals surface area contributed by atoms with Gasteiger partial charge in [0, 0.05) is 12.6 Å². The van der Waals surface area contributed by atoms with E-state index in [0.29, 0.717) is 0 Å². The number of primary sulfonamides is 1. The zero-order valence-corrected chi connectivity index (χ0v) is 15.1. The summed E-state index contributed by atoms with van der Waals surface area (Å²) in [5, 5.41) is 5.13. The summed E-state index contributed by atoms with van der Waals surface area (Å²) in [6.07, 6.45) is 0.931. The molecule has 2 aromatic rings. The minimum Gasteiger partial charge on any atom is -0.497 e. The Morgan fingerprint density at radius 2 is 1.67 bits per heavy atom. The normalized spacial score (nSPS) is 13.0. The maximum absolute atomic E-state index is 11.3. The topological polar surface area (TPSA) is 72.6 Å². The molecular formula is C18H24N2O3S. The maximum Gasteiger partial charge on any atom is 0.238 e. The van der Waals surface area contributed by atoms with Crippen molar-refractivity contribution >= 4 is 10.0 Å². The Kier molecular flexibility index (Phi) is 5.99. The molecule has 2 rings (SSSR count). The maximum atomic E-state index is 11.3. The van der Waals surface area contributed by atoms with Crippen molar-refractivity contribution in [1.29, 1.82) is 0 Å². The number of sulfonamides is 1. The molecule has 0 aromatic heterocycles. The van der Waals surface area contributed by atoms with Crippen LogP contribution < -0.4 is 9.88 Å². The SMILES string of the molecule is COc1ccc(CCN(C)[C@H](C)c2ccc(S(N)(=O)=O)cc2)cc1. The van der Waals surface area contributed by atoms with E-state index in [4.69, 9.17) is 9.88 Å². The molecule has 130 valence electrons. The number of methoxy groups -OCH3 is 1. The zero-order chi connectivity index (χ0) is 17.7. The minimum absolute atomic E-state index is 0.138. The molecule has 1 atom stereocenters. The molecular weight excluding hydrogens is 324 g/mol. The van der Waals surface area contributed by atoms with Crippen LogP contribution in [0.25, 0.3) is 0 Å². The average Bonchev–Trinajstić information content (AvgIpc) is 2.58. The van der Waals surface area contributed by atoms with E-state index in [1.54, 1.807) is 19.2 Å². The van der Waals surface area contributed by atoms with E-state index in [9.17, 15) is 8.42 Å². The van der Waals surface area contributed by atoms with Crippen molar-refractivity contribution in [2.45, 2.75) is 24.3 Å². The molecule has 0 fully saturated rings. The van der Waals surface area contributed by atoms with Crippen molar-refractivity contribution in [3.05, 3.63) is 59.7 Å². The summed E-state index contributed by atoms with van der Waals surface area (Å²) in [6, 6.07) is 15.0. The third kappa shape index (κ3) is 4.80. The van der Waals surface area contributed by atoms with Gasteiger partial charge in [0.2, 0.25) is 10.0 Å². The van der Waals surface area contributed by atoms with Crippen LogP contribution >= 0.6 is 0 Å². The zero-order valence-electron chi connectivity index (χ0n) is 14.3. The first-order chi connectivity index (χ1) is 11.3. The van der Waals surface area contributed by atoms with Gasteiger partial charge in [-0.3, -0.25) is 4.90 Å². The molecule has 0 aliphatic heterocycles. The molecule has 2 N–H and O–H groups in total. The van der Waals surface area contributed by atoms with Gasteiger partial charge in [0.25, 0.3) is 0 Å². The summed E-state index contributed by atoms with van der Waals surface area (Å²) < 4.78 is 27.8. The van der Waals surface area contributed by atoms with Crippen LogP contribution in [0, 0.1) is 0 Å². The molecule has 0 saturated heterocycles. The van der Waals surface area contributed by atoms with E-state index in [-0.39, 0.29) is 10.9 Å². The first-order valence-corrected chi connectivity index (χ1v) is 9.32. The summed E-state index contributed by atoms with van der Waals surface area (Å²) in [7, 11) is 0.0743. The van der Waals surface area contributed by atoms with Crippen molar-refractivity contribution in [3.63, 3.8) is 0 Å². The highest BCUT2D eigenvalue weighted by atomic mass is 32.2. The fourth-order valence-corrected chi connectivity index (χ4v) is 3.00. The highest BCUT2D eigenvalue weighted by molar-refractivity contribution is 7.89. The number of nitrogens with two attached hydrogens (primary N) is 1. The number of rotatable bonds is 7. The lowest BCUT2D eigenvalue weighted by atomic mass is 10.1.